The van der Waals surface area contributed by atoms with Crippen molar-refractivity contribution in [2.75, 3.05) is 13.1 Å². The number of β-amino-alcohol motifs (C(OH)–C–C–N with tert-alkyl or cyclic N) is 1. The maximum absolute atomic E-state index is 11.9. The van der Waals surface area contributed by atoms with Crippen molar-refractivity contribution in [3.05, 3.63) is 35.4 Å². The molecule has 3 heteroatoms. The molecule has 3 nitrogen and oxygen atoms in total. The Kier molecular flexibility index (Phi) is 4.25. The molecule has 1 aromatic carbocycles. The molecule has 0 unspecified atom stereocenters. The van der Waals surface area contributed by atoms with Gasteiger partial charge >= 0.3 is 0 Å². The van der Waals surface area contributed by atoms with Crippen LogP contribution in [0.3, 0.4) is 0 Å². The van der Waals surface area contributed by atoms with Gasteiger partial charge in [0, 0.05) is 6.42 Å². The molecule has 0 aromatic heterocycles. The Balaban J connectivity index is 1.78. The zero-order valence-corrected chi connectivity index (χ0v) is 11.9. The first-order valence-electron chi connectivity index (χ1n) is 7.14. The summed E-state index contributed by atoms with van der Waals surface area (Å²) in [6, 6.07) is 8.45. The molecule has 0 bridgehead atoms. The van der Waals surface area contributed by atoms with E-state index in [9.17, 15) is 9.90 Å². The van der Waals surface area contributed by atoms with Gasteiger partial charge in [-0.3, -0.25) is 4.79 Å². The summed E-state index contributed by atoms with van der Waals surface area (Å²) in [6.07, 6.45) is 3.08. The molecule has 1 saturated heterocycles. The van der Waals surface area contributed by atoms with Crippen LogP contribution in [0.25, 0.3) is 0 Å². The van der Waals surface area contributed by atoms with E-state index in [2.05, 4.69) is 31.2 Å². The fraction of sp³-hybridized carbons (Fsp3) is 0.562. The van der Waals surface area contributed by atoms with E-state index >= 15 is 0 Å². The van der Waals surface area contributed by atoms with Crippen LogP contribution < -0.4 is 0 Å². The summed E-state index contributed by atoms with van der Waals surface area (Å²) in [4.78, 5) is 13.7. The van der Waals surface area contributed by atoms with Crippen LogP contribution >= 0.6 is 0 Å². The van der Waals surface area contributed by atoms with Crippen LogP contribution in [0, 0.1) is 0 Å². The minimum Gasteiger partial charge on any atom is -0.386 e. The molecule has 1 aromatic rings. The quantitative estimate of drug-likeness (QED) is 0.882. The van der Waals surface area contributed by atoms with Crippen molar-refractivity contribution in [1.82, 2.24) is 4.90 Å². The van der Waals surface area contributed by atoms with E-state index in [1.54, 1.807) is 4.90 Å². The van der Waals surface area contributed by atoms with Crippen LogP contribution in [0.15, 0.2) is 24.3 Å². The van der Waals surface area contributed by atoms with Gasteiger partial charge < -0.3 is 10.0 Å². The van der Waals surface area contributed by atoms with Crippen LogP contribution in [0.5, 0.6) is 0 Å². The molecule has 0 radical (unpaired) electrons. The number of rotatable bonds is 5. The number of benzene rings is 1. The highest BCUT2D eigenvalue weighted by Crippen LogP contribution is 2.24. The molecule has 1 heterocycles. The molecule has 1 amide bonds. The summed E-state index contributed by atoms with van der Waals surface area (Å²) in [5, 5.41) is 9.89. The summed E-state index contributed by atoms with van der Waals surface area (Å²) in [5.74, 6) is 0.151. The Morgan fingerprint density at radius 3 is 2.32 bits per heavy atom. The molecule has 1 N–H and O–H groups in total. The molecule has 0 atom stereocenters. The van der Waals surface area contributed by atoms with Gasteiger partial charge in [-0.1, -0.05) is 38.1 Å². The number of amides is 1. The minimum atomic E-state index is -0.627. The van der Waals surface area contributed by atoms with Crippen molar-refractivity contribution in [2.24, 2.45) is 0 Å². The molecular formula is C16H23NO2. The lowest BCUT2D eigenvalue weighted by Gasteiger charge is -2.46. The number of hydrogen-bond donors (Lipinski definition) is 1. The number of nitrogens with zero attached hydrogens (tertiary/aromatic N) is 1. The van der Waals surface area contributed by atoms with E-state index in [0.29, 0.717) is 19.5 Å². The number of aryl methyl sites for hydroxylation is 2. The summed E-state index contributed by atoms with van der Waals surface area (Å²) in [5.41, 5.74) is 1.90. The number of aliphatic hydroxyl groups is 1. The fourth-order valence-corrected chi connectivity index (χ4v) is 2.42. The molecule has 1 aliphatic heterocycles. The van der Waals surface area contributed by atoms with Crippen molar-refractivity contribution >= 4 is 5.91 Å². The highest BCUT2D eigenvalue weighted by Gasteiger charge is 2.41. The van der Waals surface area contributed by atoms with Gasteiger partial charge in [-0.25, -0.2) is 0 Å². The standard InChI is InChI=1S/C16H23NO2/c1-3-13-5-7-14(8-6-13)9-10-15(18)17-11-16(19,4-2)12-17/h5-8,19H,3-4,9-12H2,1-2H3. The Bertz CT molecular complexity index is 433. The second-order valence-electron chi connectivity index (χ2n) is 5.50. The maximum Gasteiger partial charge on any atom is 0.223 e. The third-order valence-corrected chi connectivity index (χ3v) is 4.04. The molecule has 0 saturated carbocycles. The van der Waals surface area contributed by atoms with Gasteiger partial charge in [0.15, 0.2) is 0 Å². The van der Waals surface area contributed by atoms with Crippen molar-refractivity contribution in [1.29, 1.82) is 0 Å². The maximum atomic E-state index is 11.9. The zero-order valence-electron chi connectivity index (χ0n) is 11.9. The van der Waals surface area contributed by atoms with E-state index in [1.807, 2.05) is 6.92 Å². The largest absolute Gasteiger partial charge is 0.386 e. The molecule has 19 heavy (non-hydrogen) atoms. The second-order valence-corrected chi connectivity index (χ2v) is 5.50. The Morgan fingerprint density at radius 2 is 1.79 bits per heavy atom. The first-order valence-corrected chi connectivity index (χ1v) is 7.14. The van der Waals surface area contributed by atoms with E-state index in [4.69, 9.17) is 0 Å². The van der Waals surface area contributed by atoms with Gasteiger partial charge in [-0.05, 0) is 30.4 Å². The lowest BCUT2D eigenvalue weighted by Crippen LogP contribution is -2.63. The topological polar surface area (TPSA) is 40.5 Å². The molecule has 2 rings (SSSR count). The Labute approximate surface area is 115 Å². The molecule has 1 aliphatic rings. The van der Waals surface area contributed by atoms with Crippen LogP contribution in [0.4, 0.5) is 0 Å². The van der Waals surface area contributed by atoms with Gasteiger partial charge in [0.05, 0.1) is 18.7 Å². The summed E-state index contributed by atoms with van der Waals surface area (Å²) < 4.78 is 0. The summed E-state index contributed by atoms with van der Waals surface area (Å²) in [6.45, 7) is 5.09. The van der Waals surface area contributed by atoms with Gasteiger partial charge in [0.1, 0.15) is 0 Å². The lowest BCUT2D eigenvalue weighted by atomic mass is 9.91. The SMILES string of the molecule is CCc1ccc(CCC(=O)N2CC(O)(CC)C2)cc1. The molecule has 1 fully saturated rings. The predicted molar refractivity (Wildman–Crippen MR) is 76.0 cm³/mol. The highest BCUT2D eigenvalue weighted by molar-refractivity contribution is 5.77. The monoisotopic (exact) mass is 261 g/mol. The average molecular weight is 261 g/mol. The van der Waals surface area contributed by atoms with E-state index in [0.717, 1.165) is 19.3 Å². The Hall–Kier alpha value is -1.35. The number of hydrogen-bond acceptors (Lipinski definition) is 2. The molecule has 0 spiro atoms. The third-order valence-electron chi connectivity index (χ3n) is 4.04. The van der Waals surface area contributed by atoms with E-state index in [1.165, 1.54) is 11.1 Å². The molecule has 0 aliphatic carbocycles. The molecule has 104 valence electrons. The normalized spacial score (nSPS) is 17.1. The van der Waals surface area contributed by atoms with E-state index < -0.39 is 5.60 Å². The minimum absolute atomic E-state index is 0.151. The second kappa shape index (κ2) is 5.74. The van der Waals surface area contributed by atoms with Crippen molar-refractivity contribution < 1.29 is 9.90 Å². The summed E-state index contributed by atoms with van der Waals surface area (Å²) >= 11 is 0. The number of likely N-dealkylation sites (tertiary alicyclic amines) is 1. The van der Waals surface area contributed by atoms with Crippen molar-refractivity contribution in [2.45, 2.75) is 45.1 Å². The van der Waals surface area contributed by atoms with Gasteiger partial charge in [-0.2, -0.15) is 0 Å². The number of carbonyl (C=O) groups is 1. The lowest BCUT2D eigenvalue weighted by molar-refractivity contribution is -0.155. The van der Waals surface area contributed by atoms with Crippen molar-refractivity contribution in [3.8, 4) is 0 Å². The zero-order chi connectivity index (χ0) is 13.9. The Morgan fingerprint density at radius 1 is 1.21 bits per heavy atom. The summed E-state index contributed by atoms with van der Waals surface area (Å²) in [7, 11) is 0. The first kappa shape index (κ1) is 14.1. The molecular weight excluding hydrogens is 238 g/mol. The van der Waals surface area contributed by atoms with Crippen LogP contribution in [0.2, 0.25) is 0 Å². The van der Waals surface area contributed by atoms with Crippen LogP contribution in [0.1, 0.15) is 37.8 Å². The van der Waals surface area contributed by atoms with Gasteiger partial charge in [0.2, 0.25) is 5.91 Å². The van der Waals surface area contributed by atoms with Crippen LogP contribution in [-0.2, 0) is 17.6 Å². The van der Waals surface area contributed by atoms with Gasteiger partial charge in [0.25, 0.3) is 0 Å². The van der Waals surface area contributed by atoms with Crippen LogP contribution in [-0.4, -0.2) is 34.6 Å². The fourth-order valence-electron chi connectivity index (χ4n) is 2.42. The highest BCUT2D eigenvalue weighted by atomic mass is 16.3. The number of carbonyl (C=O) groups excluding carboxylic acids is 1. The third kappa shape index (κ3) is 3.35. The first-order chi connectivity index (χ1) is 9.06. The predicted octanol–water partition coefficient (Wildman–Crippen LogP) is 2.16. The van der Waals surface area contributed by atoms with Gasteiger partial charge in [-0.15, -0.1) is 0 Å². The van der Waals surface area contributed by atoms with E-state index in [-0.39, 0.29) is 5.91 Å². The average Bonchev–Trinajstić information content (AvgIpc) is 2.41. The smallest absolute Gasteiger partial charge is 0.223 e. The van der Waals surface area contributed by atoms with Crippen molar-refractivity contribution in [3.63, 3.8) is 0 Å².